The lowest BCUT2D eigenvalue weighted by Crippen LogP contribution is -2.33. The normalized spacial score (nSPS) is 11.4. The number of benzene rings is 1. The monoisotopic (exact) mass is 263 g/mol. The number of aliphatic carboxylic acids is 1. The highest BCUT2D eigenvalue weighted by atomic mass is 16.5. The zero-order valence-corrected chi connectivity index (χ0v) is 10.5. The number of carboxylic acids is 1. The van der Waals surface area contributed by atoms with Crippen LogP contribution >= 0.6 is 0 Å². The van der Waals surface area contributed by atoms with Crippen LogP contribution in [0, 0.1) is 5.92 Å². The number of carbonyl (C=O) groups excluding carboxylic acids is 1. The maximum Gasteiger partial charge on any atom is 0.407 e. The van der Waals surface area contributed by atoms with Crippen LogP contribution in [0.1, 0.15) is 12.0 Å². The van der Waals surface area contributed by atoms with Gasteiger partial charge in [-0.3, -0.25) is 4.79 Å². The largest absolute Gasteiger partial charge is 0.481 e. The first-order valence-electron chi connectivity index (χ1n) is 5.91. The molecular weight excluding hydrogens is 246 g/mol. The molecule has 0 aliphatic rings. The van der Waals surface area contributed by atoms with Gasteiger partial charge in [-0.05, 0) is 12.0 Å². The molecule has 102 valence electrons. The molecule has 0 spiro atoms. The van der Waals surface area contributed by atoms with Crippen molar-refractivity contribution in [1.82, 2.24) is 5.32 Å². The van der Waals surface area contributed by atoms with E-state index in [-0.39, 0.29) is 13.2 Å². The minimum Gasteiger partial charge on any atom is -0.481 e. The van der Waals surface area contributed by atoms with Crippen molar-refractivity contribution in [2.24, 2.45) is 5.92 Å². The Morgan fingerprint density at radius 3 is 2.63 bits per heavy atom. The Morgan fingerprint density at radius 1 is 1.37 bits per heavy atom. The topological polar surface area (TPSA) is 75.6 Å². The highest BCUT2D eigenvalue weighted by molar-refractivity contribution is 5.72. The first kappa shape index (κ1) is 14.8. The molecule has 1 atom stereocenters. The van der Waals surface area contributed by atoms with Gasteiger partial charge in [0, 0.05) is 6.54 Å². The SMILES string of the molecule is C=CCC(CNC(=O)OCc1ccccc1)C(=O)O. The predicted molar refractivity (Wildman–Crippen MR) is 70.6 cm³/mol. The van der Waals surface area contributed by atoms with Crippen LogP contribution in [0.3, 0.4) is 0 Å². The molecule has 0 aliphatic carbocycles. The van der Waals surface area contributed by atoms with E-state index in [1.165, 1.54) is 6.08 Å². The highest BCUT2D eigenvalue weighted by Crippen LogP contribution is 2.03. The van der Waals surface area contributed by atoms with Crippen LogP contribution in [-0.2, 0) is 16.1 Å². The number of ether oxygens (including phenoxy) is 1. The number of rotatable bonds is 7. The molecule has 0 aromatic heterocycles. The molecule has 0 saturated carbocycles. The minimum absolute atomic E-state index is 0.0228. The smallest absolute Gasteiger partial charge is 0.407 e. The molecule has 5 heteroatoms. The van der Waals surface area contributed by atoms with Gasteiger partial charge in [-0.1, -0.05) is 36.4 Å². The lowest BCUT2D eigenvalue weighted by molar-refractivity contribution is -0.141. The summed E-state index contributed by atoms with van der Waals surface area (Å²) in [5.74, 6) is -1.65. The Labute approximate surface area is 111 Å². The molecule has 19 heavy (non-hydrogen) atoms. The number of carboxylic acid groups (broad SMARTS) is 1. The van der Waals surface area contributed by atoms with Crippen molar-refractivity contribution in [2.75, 3.05) is 6.54 Å². The second-order valence-electron chi connectivity index (χ2n) is 4.00. The molecule has 1 aromatic rings. The fraction of sp³-hybridized carbons (Fsp3) is 0.286. The predicted octanol–water partition coefficient (Wildman–Crippen LogP) is 2.19. The average molecular weight is 263 g/mol. The summed E-state index contributed by atoms with van der Waals surface area (Å²) >= 11 is 0. The van der Waals surface area contributed by atoms with Crippen molar-refractivity contribution < 1.29 is 19.4 Å². The molecule has 0 saturated heterocycles. The van der Waals surface area contributed by atoms with Crippen molar-refractivity contribution >= 4 is 12.1 Å². The molecule has 1 amide bonds. The van der Waals surface area contributed by atoms with E-state index in [1.807, 2.05) is 30.3 Å². The molecule has 1 aromatic carbocycles. The Bertz CT molecular complexity index is 430. The van der Waals surface area contributed by atoms with Gasteiger partial charge in [0.05, 0.1) is 5.92 Å². The summed E-state index contributed by atoms with van der Waals surface area (Å²) in [6, 6.07) is 9.24. The van der Waals surface area contributed by atoms with Gasteiger partial charge in [0.2, 0.25) is 0 Å². The molecule has 0 radical (unpaired) electrons. The zero-order chi connectivity index (χ0) is 14.1. The maximum absolute atomic E-state index is 11.4. The number of amides is 1. The number of allylic oxidation sites excluding steroid dienone is 1. The van der Waals surface area contributed by atoms with Crippen LogP contribution in [0.25, 0.3) is 0 Å². The van der Waals surface area contributed by atoms with E-state index in [0.29, 0.717) is 6.42 Å². The summed E-state index contributed by atoms with van der Waals surface area (Å²) in [6.07, 6.45) is 1.18. The molecule has 1 unspecified atom stereocenters. The molecule has 2 N–H and O–H groups in total. The van der Waals surface area contributed by atoms with Crippen LogP contribution in [-0.4, -0.2) is 23.7 Å². The number of hydrogen-bond donors (Lipinski definition) is 2. The first-order chi connectivity index (χ1) is 9.13. The zero-order valence-electron chi connectivity index (χ0n) is 10.5. The van der Waals surface area contributed by atoms with Crippen molar-refractivity contribution in [1.29, 1.82) is 0 Å². The first-order valence-corrected chi connectivity index (χ1v) is 5.91. The maximum atomic E-state index is 11.4. The van der Waals surface area contributed by atoms with E-state index in [2.05, 4.69) is 11.9 Å². The van der Waals surface area contributed by atoms with Gasteiger partial charge in [-0.2, -0.15) is 0 Å². The summed E-state index contributed by atoms with van der Waals surface area (Å²) in [4.78, 5) is 22.2. The van der Waals surface area contributed by atoms with E-state index < -0.39 is 18.0 Å². The number of carbonyl (C=O) groups is 2. The van der Waals surface area contributed by atoms with Crippen LogP contribution < -0.4 is 5.32 Å². The summed E-state index contributed by atoms with van der Waals surface area (Å²) in [6.45, 7) is 3.66. The molecule has 0 heterocycles. The van der Waals surface area contributed by atoms with Gasteiger partial charge in [-0.15, -0.1) is 6.58 Å². The second kappa shape index (κ2) is 7.92. The van der Waals surface area contributed by atoms with Gasteiger partial charge in [0.15, 0.2) is 0 Å². The molecule has 0 bridgehead atoms. The van der Waals surface area contributed by atoms with Gasteiger partial charge < -0.3 is 15.2 Å². The molecule has 5 nitrogen and oxygen atoms in total. The number of alkyl carbamates (subject to hydrolysis) is 1. The molecular formula is C14H17NO4. The van der Waals surface area contributed by atoms with Crippen molar-refractivity contribution in [2.45, 2.75) is 13.0 Å². The molecule has 0 aliphatic heterocycles. The lowest BCUT2D eigenvalue weighted by Gasteiger charge is -2.11. The van der Waals surface area contributed by atoms with Gasteiger partial charge in [0.25, 0.3) is 0 Å². The number of nitrogens with one attached hydrogen (secondary N) is 1. The highest BCUT2D eigenvalue weighted by Gasteiger charge is 2.16. The van der Waals surface area contributed by atoms with E-state index >= 15 is 0 Å². The fourth-order valence-corrected chi connectivity index (χ4v) is 1.45. The second-order valence-corrected chi connectivity index (χ2v) is 4.00. The van der Waals surface area contributed by atoms with Gasteiger partial charge in [0.1, 0.15) is 6.61 Å². The Balaban J connectivity index is 2.31. The van der Waals surface area contributed by atoms with Crippen LogP contribution in [0.15, 0.2) is 43.0 Å². The number of hydrogen-bond acceptors (Lipinski definition) is 3. The van der Waals surface area contributed by atoms with Crippen molar-refractivity contribution in [3.63, 3.8) is 0 Å². The molecule has 1 rings (SSSR count). The Hall–Kier alpha value is -2.30. The Kier molecular flexibility index (Phi) is 6.15. The standard InChI is InChI=1S/C14H17NO4/c1-2-6-12(13(16)17)9-15-14(18)19-10-11-7-4-3-5-8-11/h2-5,7-8,12H,1,6,9-10H2,(H,15,18)(H,16,17). The summed E-state index contributed by atoms with van der Waals surface area (Å²) < 4.78 is 4.97. The summed E-state index contributed by atoms with van der Waals surface area (Å²) in [5, 5.41) is 11.3. The summed E-state index contributed by atoms with van der Waals surface area (Å²) in [7, 11) is 0. The molecule has 0 fully saturated rings. The fourth-order valence-electron chi connectivity index (χ4n) is 1.45. The van der Waals surface area contributed by atoms with E-state index in [0.717, 1.165) is 5.56 Å². The lowest BCUT2D eigenvalue weighted by atomic mass is 10.1. The van der Waals surface area contributed by atoms with Crippen molar-refractivity contribution in [3.05, 3.63) is 48.6 Å². The van der Waals surface area contributed by atoms with E-state index in [4.69, 9.17) is 9.84 Å². The van der Waals surface area contributed by atoms with Crippen LogP contribution in [0.2, 0.25) is 0 Å². The minimum atomic E-state index is -0.969. The van der Waals surface area contributed by atoms with Gasteiger partial charge in [-0.25, -0.2) is 4.79 Å². The average Bonchev–Trinajstić information content (AvgIpc) is 2.42. The van der Waals surface area contributed by atoms with Crippen LogP contribution in [0.5, 0.6) is 0 Å². The van der Waals surface area contributed by atoms with Crippen molar-refractivity contribution in [3.8, 4) is 0 Å². The third kappa shape index (κ3) is 5.72. The van der Waals surface area contributed by atoms with E-state index in [9.17, 15) is 9.59 Å². The van der Waals surface area contributed by atoms with Crippen LogP contribution in [0.4, 0.5) is 4.79 Å². The third-order valence-electron chi connectivity index (χ3n) is 2.51. The quantitative estimate of drug-likeness (QED) is 0.739. The summed E-state index contributed by atoms with van der Waals surface area (Å²) in [5.41, 5.74) is 0.874. The third-order valence-corrected chi connectivity index (χ3v) is 2.51. The van der Waals surface area contributed by atoms with E-state index in [1.54, 1.807) is 0 Å². The Morgan fingerprint density at radius 2 is 2.05 bits per heavy atom. The van der Waals surface area contributed by atoms with Gasteiger partial charge >= 0.3 is 12.1 Å².